The Morgan fingerprint density at radius 1 is 1.57 bits per heavy atom. The maximum Gasteiger partial charge on any atom is 0.143 e. The molecule has 1 aliphatic rings. The maximum absolute atomic E-state index is 13.7. The zero-order valence-corrected chi connectivity index (χ0v) is 9.42. The molecule has 1 fully saturated rings. The second-order valence-corrected chi connectivity index (χ2v) is 4.37. The van der Waals surface area contributed by atoms with Crippen molar-refractivity contribution in [2.24, 2.45) is 11.7 Å². The highest BCUT2D eigenvalue weighted by Crippen LogP contribution is 2.42. The summed E-state index contributed by atoms with van der Waals surface area (Å²) in [4.78, 5) is 0. The van der Waals surface area contributed by atoms with E-state index in [2.05, 4.69) is 6.92 Å². The van der Waals surface area contributed by atoms with Crippen LogP contribution in [0, 0.1) is 5.92 Å². The molecule has 1 aliphatic heterocycles. The average molecular weight is 201 g/mol. The van der Waals surface area contributed by atoms with Gasteiger partial charge in [-0.3, -0.25) is 0 Å². The molecule has 1 rings (SSSR count). The second kappa shape index (κ2) is 4.62. The van der Waals surface area contributed by atoms with Crippen molar-refractivity contribution in [1.29, 1.82) is 0 Å². The Balaban J connectivity index is 2.69. The molecule has 1 heterocycles. The van der Waals surface area contributed by atoms with E-state index in [9.17, 15) is 4.39 Å². The van der Waals surface area contributed by atoms with Crippen LogP contribution in [-0.2, 0) is 4.74 Å². The van der Waals surface area contributed by atoms with Crippen molar-refractivity contribution >= 4 is 7.85 Å². The van der Waals surface area contributed by atoms with Crippen LogP contribution in [0.4, 0.5) is 4.39 Å². The fourth-order valence-electron chi connectivity index (χ4n) is 2.51. The second-order valence-electron chi connectivity index (χ2n) is 4.37. The SMILES string of the molecule is B[C@@H]1O[C@@](CC)(CCCN)C(C)[C@@H]1F. The van der Waals surface area contributed by atoms with Gasteiger partial charge >= 0.3 is 0 Å². The van der Waals surface area contributed by atoms with Crippen molar-refractivity contribution in [2.45, 2.75) is 50.9 Å². The van der Waals surface area contributed by atoms with Gasteiger partial charge < -0.3 is 10.5 Å². The Labute approximate surface area is 86.8 Å². The topological polar surface area (TPSA) is 35.2 Å². The van der Waals surface area contributed by atoms with Crippen LogP contribution in [-0.4, -0.2) is 32.2 Å². The van der Waals surface area contributed by atoms with Gasteiger partial charge in [0.2, 0.25) is 0 Å². The minimum Gasteiger partial charge on any atom is -0.377 e. The Bertz CT molecular complexity index is 193. The molecule has 0 aromatic carbocycles. The fraction of sp³-hybridized carbons (Fsp3) is 1.00. The van der Waals surface area contributed by atoms with Gasteiger partial charge in [0.25, 0.3) is 0 Å². The number of nitrogens with two attached hydrogens (primary N) is 1. The normalized spacial score (nSPS) is 43.0. The summed E-state index contributed by atoms with van der Waals surface area (Å²) in [5, 5.41) is 0. The lowest BCUT2D eigenvalue weighted by atomic mass is 9.80. The molecule has 4 heteroatoms. The third kappa shape index (κ3) is 1.96. The number of halogens is 1. The van der Waals surface area contributed by atoms with Crippen LogP contribution >= 0.6 is 0 Å². The Hall–Kier alpha value is -0.0851. The predicted molar refractivity (Wildman–Crippen MR) is 58.8 cm³/mol. The van der Waals surface area contributed by atoms with Gasteiger partial charge in [-0.05, 0) is 25.8 Å². The van der Waals surface area contributed by atoms with E-state index in [1.165, 1.54) is 0 Å². The molecule has 82 valence electrons. The summed E-state index contributed by atoms with van der Waals surface area (Å²) in [6.07, 6.45) is 1.84. The largest absolute Gasteiger partial charge is 0.377 e. The first-order chi connectivity index (χ1) is 6.57. The molecule has 4 atom stereocenters. The van der Waals surface area contributed by atoms with Crippen LogP contribution in [0.2, 0.25) is 0 Å². The smallest absolute Gasteiger partial charge is 0.143 e. The van der Waals surface area contributed by atoms with Crippen molar-refractivity contribution in [3.63, 3.8) is 0 Å². The molecule has 0 aliphatic carbocycles. The maximum atomic E-state index is 13.7. The molecule has 0 aromatic heterocycles. The highest BCUT2D eigenvalue weighted by atomic mass is 19.1. The molecule has 0 bridgehead atoms. The lowest BCUT2D eigenvalue weighted by Crippen LogP contribution is -2.35. The standard InChI is InChI=1S/C10H21BFNO/c1-3-10(5-4-6-13)7(2)8(12)9(11)14-10/h7-9H,3-6,11,13H2,1-2H3/t7?,8-,9+,10-/m0/s1. The molecule has 1 saturated heterocycles. The third-order valence-electron chi connectivity index (χ3n) is 3.58. The minimum atomic E-state index is -0.826. The number of rotatable bonds is 4. The van der Waals surface area contributed by atoms with Gasteiger partial charge in [0.15, 0.2) is 0 Å². The van der Waals surface area contributed by atoms with Crippen LogP contribution in [0.15, 0.2) is 0 Å². The fourth-order valence-corrected chi connectivity index (χ4v) is 2.51. The van der Waals surface area contributed by atoms with E-state index in [-0.39, 0.29) is 17.5 Å². The number of hydrogen-bond acceptors (Lipinski definition) is 2. The van der Waals surface area contributed by atoms with E-state index in [0.717, 1.165) is 19.3 Å². The van der Waals surface area contributed by atoms with Gasteiger partial charge in [0.1, 0.15) is 14.0 Å². The summed E-state index contributed by atoms with van der Waals surface area (Å²) in [6.45, 7) is 4.68. The van der Waals surface area contributed by atoms with Crippen molar-refractivity contribution in [3.8, 4) is 0 Å². The Morgan fingerprint density at radius 2 is 2.21 bits per heavy atom. The van der Waals surface area contributed by atoms with Crippen molar-refractivity contribution in [2.75, 3.05) is 6.54 Å². The van der Waals surface area contributed by atoms with E-state index in [1.54, 1.807) is 0 Å². The predicted octanol–water partition coefficient (Wildman–Crippen LogP) is 0.838. The average Bonchev–Trinajstić information content (AvgIpc) is 2.41. The van der Waals surface area contributed by atoms with Gasteiger partial charge in [0.05, 0.1) is 11.6 Å². The van der Waals surface area contributed by atoms with Gasteiger partial charge in [0, 0.05) is 5.92 Å². The summed E-state index contributed by atoms with van der Waals surface area (Å²) in [7, 11) is 1.82. The van der Waals surface area contributed by atoms with Crippen LogP contribution in [0.5, 0.6) is 0 Å². The highest BCUT2D eigenvalue weighted by Gasteiger charge is 2.49. The van der Waals surface area contributed by atoms with Gasteiger partial charge in [-0.15, -0.1) is 0 Å². The lowest BCUT2D eigenvalue weighted by molar-refractivity contribution is -0.0416. The lowest BCUT2D eigenvalue weighted by Gasteiger charge is -2.32. The first-order valence-electron chi connectivity index (χ1n) is 5.59. The van der Waals surface area contributed by atoms with E-state index in [4.69, 9.17) is 10.5 Å². The summed E-state index contributed by atoms with van der Waals surface area (Å²) >= 11 is 0. The summed E-state index contributed by atoms with van der Waals surface area (Å²) in [5.41, 5.74) is 5.22. The van der Waals surface area contributed by atoms with Gasteiger partial charge in [-0.25, -0.2) is 4.39 Å². The van der Waals surface area contributed by atoms with Crippen LogP contribution in [0.3, 0.4) is 0 Å². The van der Waals surface area contributed by atoms with Gasteiger partial charge in [-0.2, -0.15) is 0 Å². The summed E-state index contributed by atoms with van der Waals surface area (Å²) in [6, 6.07) is -0.261. The first-order valence-corrected chi connectivity index (χ1v) is 5.59. The number of alkyl halides is 1. The quantitative estimate of drug-likeness (QED) is 0.684. The summed E-state index contributed by atoms with van der Waals surface area (Å²) in [5.74, 6) is -0.00551. The molecule has 14 heavy (non-hydrogen) atoms. The molecule has 2 N–H and O–H groups in total. The zero-order valence-electron chi connectivity index (χ0n) is 9.42. The first kappa shape index (κ1) is 12.0. The van der Waals surface area contributed by atoms with Crippen molar-refractivity contribution < 1.29 is 9.13 Å². The molecule has 2 nitrogen and oxygen atoms in total. The van der Waals surface area contributed by atoms with Crippen molar-refractivity contribution in [1.82, 2.24) is 0 Å². The molecule has 0 amide bonds. The highest BCUT2D eigenvalue weighted by molar-refractivity contribution is 6.11. The third-order valence-corrected chi connectivity index (χ3v) is 3.58. The monoisotopic (exact) mass is 201 g/mol. The van der Waals surface area contributed by atoms with Crippen LogP contribution in [0.25, 0.3) is 0 Å². The molecular weight excluding hydrogens is 180 g/mol. The number of ether oxygens (including phenoxy) is 1. The van der Waals surface area contributed by atoms with E-state index >= 15 is 0 Å². The Morgan fingerprint density at radius 3 is 2.57 bits per heavy atom. The zero-order chi connectivity index (χ0) is 10.8. The molecule has 1 unspecified atom stereocenters. The number of hydrogen-bond donors (Lipinski definition) is 1. The van der Waals surface area contributed by atoms with Crippen LogP contribution < -0.4 is 5.73 Å². The molecule has 0 saturated carbocycles. The molecule has 0 spiro atoms. The Kier molecular flexibility index (Phi) is 3.96. The van der Waals surface area contributed by atoms with Gasteiger partial charge in [-0.1, -0.05) is 13.8 Å². The summed E-state index contributed by atoms with van der Waals surface area (Å²) < 4.78 is 19.5. The minimum absolute atomic E-state index is 0.00551. The van der Waals surface area contributed by atoms with E-state index < -0.39 is 6.17 Å². The van der Waals surface area contributed by atoms with E-state index in [0.29, 0.717) is 6.54 Å². The molecule has 0 radical (unpaired) electrons. The van der Waals surface area contributed by atoms with E-state index in [1.807, 2.05) is 14.8 Å². The molecular formula is C10H21BFNO. The molecule has 0 aromatic rings. The van der Waals surface area contributed by atoms with Crippen LogP contribution in [0.1, 0.15) is 33.1 Å². The van der Waals surface area contributed by atoms with Crippen molar-refractivity contribution in [3.05, 3.63) is 0 Å².